The van der Waals surface area contributed by atoms with Gasteiger partial charge in [0.15, 0.2) is 11.8 Å². The first-order chi connectivity index (χ1) is 12.6. The van der Waals surface area contributed by atoms with Gasteiger partial charge in [0.1, 0.15) is 5.82 Å². The number of aryl methyl sites for hydroxylation is 1. The lowest BCUT2D eigenvalue weighted by molar-refractivity contribution is 0.253. The van der Waals surface area contributed by atoms with Crippen molar-refractivity contribution >= 4 is 5.96 Å². The van der Waals surface area contributed by atoms with E-state index in [9.17, 15) is 5.11 Å². The van der Waals surface area contributed by atoms with E-state index in [0.717, 1.165) is 69.3 Å². The molecule has 26 heavy (non-hydrogen) atoms. The molecule has 0 bridgehead atoms. The summed E-state index contributed by atoms with van der Waals surface area (Å²) in [5.74, 6) is 3.71. The molecular weight excluding hydrogens is 328 g/mol. The van der Waals surface area contributed by atoms with Crippen molar-refractivity contribution in [3.05, 3.63) is 11.6 Å². The summed E-state index contributed by atoms with van der Waals surface area (Å²) in [7, 11) is 0. The van der Waals surface area contributed by atoms with Crippen LogP contribution in [0.5, 0.6) is 0 Å². The molecule has 0 saturated carbocycles. The lowest BCUT2D eigenvalue weighted by atomic mass is 10.0. The SMILES string of the molecule is CCCC(CCO)CN=C(NCC)NC1CCc2nc(C(C)C)nn2C1. The molecule has 2 unspecified atom stereocenters. The standard InChI is InChI=1S/C19H36N6O/c1-5-7-15(10-11-26)12-21-19(20-6-2)22-16-8-9-17-23-18(14(3)4)24-25(17)13-16/h14-16,26H,5-13H2,1-4H3,(H2,20,21,22). The van der Waals surface area contributed by atoms with E-state index in [1.54, 1.807) is 0 Å². The van der Waals surface area contributed by atoms with E-state index >= 15 is 0 Å². The van der Waals surface area contributed by atoms with Crippen LogP contribution in [-0.4, -0.2) is 51.6 Å². The molecule has 0 fully saturated rings. The van der Waals surface area contributed by atoms with Crippen molar-refractivity contribution in [2.24, 2.45) is 10.9 Å². The maximum Gasteiger partial charge on any atom is 0.191 e. The summed E-state index contributed by atoms with van der Waals surface area (Å²) in [5, 5.41) is 20.8. The van der Waals surface area contributed by atoms with Crippen molar-refractivity contribution in [1.82, 2.24) is 25.4 Å². The van der Waals surface area contributed by atoms with Gasteiger partial charge >= 0.3 is 0 Å². The number of nitrogens with one attached hydrogen (secondary N) is 2. The highest BCUT2D eigenvalue weighted by Crippen LogP contribution is 2.17. The highest BCUT2D eigenvalue weighted by atomic mass is 16.3. The zero-order valence-corrected chi connectivity index (χ0v) is 16.8. The maximum absolute atomic E-state index is 9.23. The first-order valence-corrected chi connectivity index (χ1v) is 10.2. The van der Waals surface area contributed by atoms with Crippen LogP contribution in [0.1, 0.15) is 70.9 Å². The third-order valence-electron chi connectivity index (χ3n) is 4.82. The average Bonchev–Trinajstić information content (AvgIpc) is 3.04. The summed E-state index contributed by atoms with van der Waals surface area (Å²) in [5.41, 5.74) is 0. The van der Waals surface area contributed by atoms with Gasteiger partial charge in [-0.15, -0.1) is 0 Å². The van der Waals surface area contributed by atoms with Crippen LogP contribution in [0.3, 0.4) is 0 Å². The Labute approximate surface area is 157 Å². The summed E-state index contributed by atoms with van der Waals surface area (Å²) < 4.78 is 2.05. The highest BCUT2D eigenvalue weighted by Gasteiger charge is 2.23. The van der Waals surface area contributed by atoms with Gasteiger partial charge in [0, 0.05) is 38.1 Å². The number of fused-ring (bicyclic) bond motifs is 1. The van der Waals surface area contributed by atoms with Gasteiger partial charge in [0.05, 0.1) is 6.54 Å². The zero-order valence-electron chi connectivity index (χ0n) is 16.8. The number of guanidine groups is 1. The van der Waals surface area contributed by atoms with Gasteiger partial charge in [-0.1, -0.05) is 27.2 Å². The van der Waals surface area contributed by atoms with Gasteiger partial charge in [0.25, 0.3) is 0 Å². The van der Waals surface area contributed by atoms with E-state index in [4.69, 9.17) is 4.99 Å². The Morgan fingerprint density at radius 1 is 1.35 bits per heavy atom. The minimum absolute atomic E-state index is 0.236. The van der Waals surface area contributed by atoms with Crippen LogP contribution in [-0.2, 0) is 13.0 Å². The quantitative estimate of drug-likeness (QED) is 0.461. The van der Waals surface area contributed by atoms with Crippen molar-refractivity contribution < 1.29 is 5.11 Å². The Morgan fingerprint density at radius 3 is 2.81 bits per heavy atom. The second kappa shape index (κ2) is 10.5. The van der Waals surface area contributed by atoms with E-state index in [-0.39, 0.29) is 6.61 Å². The Hall–Kier alpha value is -1.63. The molecule has 0 saturated heterocycles. The van der Waals surface area contributed by atoms with E-state index in [0.29, 0.717) is 17.9 Å². The number of hydrogen-bond donors (Lipinski definition) is 3. The molecule has 7 nitrogen and oxygen atoms in total. The molecule has 148 valence electrons. The predicted molar refractivity (Wildman–Crippen MR) is 105 cm³/mol. The fourth-order valence-corrected chi connectivity index (χ4v) is 3.34. The van der Waals surface area contributed by atoms with E-state index in [1.165, 1.54) is 0 Å². The largest absolute Gasteiger partial charge is 0.396 e. The molecule has 1 aliphatic rings. The Morgan fingerprint density at radius 2 is 2.15 bits per heavy atom. The number of aliphatic imine (C=N–C) groups is 1. The van der Waals surface area contributed by atoms with Crippen LogP contribution in [0.4, 0.5) is 0 Å². The summed E-state index contributed by atoms with van der Waals surface area (Å²) >= 11 is 0. The average molecular weight is 365 g/mol. The molecule has 0 amide bonds. The lowest BCUT2D eigenvalue weighted by Crippen LogP contribution is -2.47. The molecule has 2 atom stereocenters. The topological polar surface area (TPSA) is 87.4 Å². The summed E-state index contributed by atoms with van der Waals surface area (Å²) in [4.78, 5) is 9.43. The van der Waals surface area contributed by atoms with Gasteiger partial charge in [-0.05, 0) is 32.1 Å². The number of aliphatic hydroxyl groups is 1. The molecular formula is C19H36N6O. The number of aliphatic hydroxyl groups excluding tert-OH is 1. The highest BCUT2D eigenvalue weighted by molar-refractivity contribution is 5.80. The van der Waals surface area contributed by atoms with Crippen LogP contribution in [0.25, 0.3) is 0 Å². The molecule has 0 aliphatic carbocycles. The first kappa shape index (κ1) is 20.7. The number of aromatic nitrogens is 3. The maximum atomic E-state index is 9.23. The molecule has 1 aliphatic heterocycles. The van der Waals surface area contributed by atoms with Crippen molar-refractivity contribution in [2.45, 2.75) is 78.3 Å². The number of rotatable bonds is 9. The van der Waals surface area contributed by atoms with Crippen LogP contribution >= 0.6 is 0 Å². The van der Waals surface area contributed by atoms with Gasteiger partial charge in [-0.25, -0.2) is 9.67 Å². The van der Waals surface area contributed by atoms with Gasteiger partial charge in [0.2, 0.25) is 0 Å². The van der Waals surface area contributed by atoms with Crippen molar-refractivity contribution in [3.63, 3.8) is 0 Å². The third-order valence-corrected chi connectivity index (χ3v) is 4.82. The third kappa shape index (κ3) is 5.97. The van der Waals surface area contributed by atoms with Crippen molar-refractivity contribution in [2.75, 3.05) is 19.7 Å². The summed E-state index contributed by atoms with van der Waals surface area (Å²) in [6.45, 7) is 11.2. The van der Waals surface area contributed by atoms with Crippen LogP contribution in [0, 0.1) is 5.92 Å². The van der Waals surface area contributed by atoms with Crippen LogP contribution < -0.4 is 10.6 Å². The number of hydrogen-bond acceptors (Lipinski definition) is 4. The molecule has 1 aromatic heterocycles. The van der Waals surface area contributed by atoms with E-state index in [1.807, 2.05) is 4.68 Å². The van der Waals surface area contributed by atoms with Crippen LogP contribution in [0.15, 0.2) is 4.99 Å². The molecule has 0 spiro atoms. The molecule has 2 rings (SSSR count). The molecule has 0 radical (unpaired) electrons. The second-order valence-electron chi connectivity index (χ2n) is 7.49. The van der Waals surface area contributed by atoms with Crippen LogP contribution in [0.2, 0.25) is 0 Å². The van der Waals surface area contributed by atoms with Crippen molar-refractivity contribution in [1.29, 1.82) is 0 Å². The first-order valence-electron chi connectivity index (χ1n) is 10.2. The Bertz CT molecular complexity index is 562. The van der Waals surface area contributed by atoms with E-state index < -0.39 is 0 Å². The molecule has 3 N–H and O–H groups in total. The molecule has 7 heteroatoms. The second-order valence-corrected chi connectivity index (χ2v) is 7.49. The van der Waals surface area contributed by atoms with Gasteiger partial charge < -0.3 is 15.7 Å². The minimum Gasteiger partial charge on any atom is -0.396 e. The number of nitrogens with zero attached hydrogens (tertiary/aromatic N) is 4. The van der Waals surface area contributed by atoms with Crippen molar-refractivity contribution in [3.8, 4) is 0 Å². The Kier molecular flexibility index (Phi) is 8.35. The summed E-state index contributed by atoms with van der Waals surface area (Å²) in [6.07, 6.45) is 5.03. The minimum atomic E-state index is 0.236. The van der Waals surface area contributed by atoms with Gasteiger partial charge in [-0.2, -0.15) is 5.10 Å². The normalized spacial score (nSPS) is 18.7. The summed E-state index contributed by atoms with van der Waals surface area (Å²) in [6, 6.07) is 0.310. The lowest BCUT2D eigenvalue weighted by Gasteiger charge is -2.25. The monoisotopic (exact) mass is 364 g/mol. The molecule has 1 aromatic rings. The predicted octanol–water partition coefficient (Wildman–Crippen LogP) is 2.07. The zero-order chi connectivity index (χ0) is 18.9. The van der Waals surface area contributed by atoms with E-state index in [2.05, 4.69) is 48.4 Å². The fourth-order valence-electron chi connectivity index (χ4n) is 3.34. The smallest absolute Gasteiger partial charge is 0.191 e. The molecule has 0 aromatic carbocycles. The molecule has 2 heterocycles. The fraction of sp³-hybridized carbons (Fsp3) is 0.842. The Balaban J connectivity index is 1.97. The van der Waals surface area contributed by atoms with Gasteiger partial charge in [-0.3, -0.25) is 4.99 Å².